The molecule has 138 valence electrons. The van der Waals surface area contributed by atoms with Crippen LogP contribution >= 0.6 is 11.6 Å². The summed E-state index contributed by atoms with van der Waals surface area (Å²) in [6.45, 7) is 3.08. The number of nitro groups is 1. The number of likely N-dealkylation sites (tertiary alicyclic amines) is 1. The number of benzene rings is 1. The summed E-state index contributed by atoms with van der Waals surface area (Å²) in [5, 5.41) is 20.3. The summed E-state index contributed by atoms with van der Waals surface area (Å²) in [5.74, 6) is 0.107. The number of nitro benzene ring substituents is 1. The lowest BCUT2D eigenvalue weighted by atomic mass is 9.93. The van der Waals surface area contributed by atoms with Gasteiger partial charge in [-0.1, -0.05) is 11.6 Å². The van der Waals surface area contributed by atoms with Gasteiger partial charge in [0.1, 0.15) is 11.5 Å². The number of carboxylic acids is 1. The van der Waals surface area contributed by atoms with Gasteiger partial charge in [0.2, 0.25) is 0 Å². The van der Waals surface area contributed by atoms with Crippen LogP contribution in [0.3, 0.4) is 0 Å². The first-order chi connectivity index (χ1) is 12.3. The summed E-state index contributed by atoms with van der Waals surface area (Å²) >= 11 is 6.15. The van der Waals surface area contributed by atoms with E-state index in [1.807, 2.05) is 6.07 Å². The van der Waals surface area contributed by atoms with Crippen LogP contribution in [0.25, 0.3) is 11.3 Å². The number of aliphatic carboxylic acids is 1. The Morgan fingerprint density at radius 2 is 2.15 bits per heavy atom. The number of rotatable bonds is 5. The molecule has 1 aromatic heterocycles. The number of nitrogens with zero attached hydrogens (tertiary/aromatic N) is 2. The first-order valence-electron chi connectivity index (χ1n) is 8.35. The molecule has 0 aliphatic carbocycles. The largest absolute Gasteiger partial charge is 0.481 e. The number of furan rings is 1. The molecule has 7 nitrogen and oxygen atoms in total. The lowest BCUT2D eigenvalue weighted by Gasteiger charge is -2.35. The summed E-state index contributed by atoms with van der Waals surface area (Å²) in [7, 11) is 0. The number of halogens is 1. The Labute approximate surface area is 155 Å². The van der Waals surface area contributed by atoms with E-state index in [9.17, 15) is 20.0 Å². The second-order valence-electron chi connectivity index (χ2n) is 6.58. The van der Waals surface area contributed by atoms with Crippen LogP contribution in [0.1, 0.15) is 25.5 Å². The summed E-state index contributed by atoms with van der Waals surface area (Å²) in [6, 6.07) is 8.11. The molecule has 2 unspecified atom stereocenters. The van der Waals surface area contributed by atoms with Crippen LogP contribution in [-0.2, 0) is 11.3 Å². The van der Waals surface area contributed by atoms with Crippen LogP contribution in [0.5, 0.6) is 0 Å². The Morgan fingerprint density at radius 3 is 2.81 bits per heavy atom. The van der Waals surface area contributed by atoms with Crippen LogP contribution in [0.4, 0.5) is 5.69 Å². The molecule has 1 N–H and O–H groups in total. The van der Waals surface area contributed by atoms with Gasteiger partial charge in [-0.05, 0) is 38.0 Å². The van der Waals surface area contributed by atoms with Crippen molar-refractivity contribution in [3.05, 3.63) is 51.2 Å². The summed E-state index contributed by atoms with van der Waals surface area (Å²) in [4.78, 5) is 23.7. The molecule has 1 fully saturated rings. The lowest BCUT2D eigenvalue weighted by Crippen LogP contribution is -2.43. The Balaban J connectivity index is 1.75. The number of piperidine rings is 1. The van der Waals surface area contributed by atoms with Gasteiger partial charge < -0.3 is 9.52 Å². The molecule has 1 aliphatic heterocycles. The fourth-order valence-electron chi connectivity index (χ4n) is 3.23. The number of hydrogen-bond donors (Lipinski definition) is 1. The van der Waals surface area contributed by atoms with Crippen LogP contribution < -0.4 is 0 Å². The SMILES string of the molecule is CC1CCC(C(=O)O)CN1Cc1ccc(-c2ccc([N+](=O)[O-])cc2Cl)o1. The normalized spacial score (nSPS) is 20.8. The maximum absolute atomic E-state index is 11.2. The van der Waals surface area contributed by atoms with Crippen molar-refractivity contribution in [2.24, 2.45) is 5.92 Å². The highest BCUT2D eigenvalue weighted by Gasteiger charge is 2.30. The van der Waals surface area contributed by atoms with E-state index in [1.54, 1.807) is 12.1 Å². The summed E-state index contributed by atoms with van der Waals surface area (Å²) < 4.78 is 5.85. The van der Waals surface area contributed by atoms with Gasteiger partial charge in [0.15, 0.2) is 0 Å². The Hall–Kier alpha value is -2.38. The average molecular weight is 379 g/mol. The molecule has 0 saturated carbocycles. The minimum atomic E-state index is -0.764. The van der Waals surface area contributed by atoms with Gasteiger partial charge in [-0.2, -0.15) is 0 Å². The molecule has 26 heavy (non-hydrogen) atoms. The van der Waals surface area contributed by atoms with Crippen molar-refractivity contribution in [3.63, 3.8) is 0 Å². The Kier molecular flexibility index (Phi) is 5.29. The zero-order chi connectivity index (χ0) is 18.8. The van der Waals surface area contributed by atoms with E-state index in [1.165, 1.54) is 12.1 Å². The number of carbonyl (C=O) groups is 1. The fraction of sp³-hybridized carbons (Fsp3) is 0.389. The summed E-state index contributed by atoms with van der Waals surface area (Å²) in [6.07, 6.45) is 1.52. The minimum absolute atomic E-state index is 0.0765. The number of carboxylic acid groups (broad SMARTS) is 1. The number of non-ortho nitro benzene ring substituents is 1. The van der Waals surface area contributed by atoms with E-state index in [-0.39, 0.29) is 22.7 Å². The molecule has 2 atom stereocenters. The average Bonchev–Trinajstić information content (AvgIpc) is 3.04. The molecule has 1 aliphatic rings. The Bertz CT molecular complexity index is 835. The first kappa shape index (κ1) is 18.4. The standard InChI is InChI=1S/C18H19ClN2O5/c1-11-2-3-12(18(22)23)9-20(11)10-14-5-7-17(26-14)15-6-4-13(21(24)25)8-16(15)19/h4-8,11-12H,2-3,9-10H2,1H3,(H,22,23). The highest BCUT2D eigenvalue weighted by Crippen LogP contribution is 2.33. The molecule has 0 amide bonds. The molecule has 1 aromatic carbocycles. The molecule has 0 bridgehead atoms. The van der Waals surface area contributed by atoms with Crippen molar-refractivity contribution in [2.75, 3.05) is 6.54 Å². The predicted octanol–water partition coefficient (Wildman–Crippen LogP) is 4.19. The van der Waals surface area contributed by atoms with Crippen molar-refractivity contribution in [2.45, 2.75) is 32.4 Å². The van der Waals surface area contributed by atoms with Crippen LogP contribution in [0, 0.1) is 16.0 Å². The van der Waals surface area contributed by atoms with E-state index in [2.05, 4.69) is 11.8 Å². The third-order valence-corrected chi connectivity index (χ3v) is 5.12. The van der Waals surface area contributed by atoms with Crippen molar-refractivity contribution in [3.8, 4) is 11.3 Å². The molecule has 0 spiro atoms. The lowest BCUT2D eigenvalue weighted by molar-refractivity contribution is -0.384. The zero-order valence-corrected chi connectivity index (χ0v) is 15.0. The van der Waals surface area contributed by atoms with Crippen molar-refractivity contribution in [1.29, 1.82) is 0 Å². The van der Waals surface area contributed by atoms with E-state index >= 15 is 0 Å². The first-order valence-corrected chi connectivity index (χ1v) is 8.73. The highest BCUT2D eigenvalue weighted by molar-refractivity contribution is 6.33. The van der Waals surface area contributed by atoms with E-state index in [0.717, 1.165) is 6.42 Å². The fourth-order valence-corrected chi connectivity index (χ4v) is 3.49. The third kappa shape index (κ3) is 3.89. The molecular weight excluding hydrogens is 360 g/mol. The predicted molar refractivity (Wildman–Crippen MR) is 96.0 cm³/mol. The van der Waals surface area contributed by atoms with Crippen molar-refractivity contribution in [1.82, 2.24) is 4.90 Å². The molecule has 0 radical (unpaired) electrons. The second-order valence-corrected chi connectivity index (χ2v) is 6.99. The number of hydrogen-bond acceptors (Lipinski definition) is 5. The molecule has 2 aromatic rings. The van der Waals surface area contributed by atoms with E-state index < -0.39 is 10.9 Å². The molecule has 1 saturated heterocycles. The molecular formula is C18H19ClN2O5. The minimum Gasteiger partial charge on any atom is -0.481 e. The van der Waals surface area contributed by atoms with Gasteiger partial charge >= 0.3 is 5.97 Å². The topological polar surface area (TPSA) is 96.8 Å². The molecule has 8 heteroatoms. The second kappa shape index (κ2) is 7.47. The van der Waals surface area contributed by atoms with Crippen LogP contribution in [0.2, 0.25) is 5.02 Å². The quantitative estimate of drug-likeness (QED) is 0.618. The van der Waals surface area contributed by atoms with Gasteiger partial charge in [0, 0.05) is 30.3 Å². The van der Waals surface area contributed by atoms with Crippen molar-refractivity contribution < 1.29 is 19.2 Å². The monoisotopic (exact) mass is 378 g/mol. The van der Waals surface area contributed by atoms with E-state index in [4.69, 9.17) is 16.0 Å². The highest BCUT2D eigenvalue weighted by atomic mass is 35.5. The van der Waals surface area contributed by atoms with Gasteiger partial charge in [-0.25, -0.2) is 0 Å². The zero-order valence-electron chi connectivity index (χ0n) is 14.2. The molecule has 2 heterocycles. The van der Waals surface area contributed by atoms with Gasteiger partial charge in [0.05, 0.1) is 22.4 Å². The van der Waals surface area contributed by atoms with E-state index in [0.29, 0.717) is 36.6 Å². The molecule has 3 rings (SSSR count). The van der Waals surface area contributed by atoms with Gasteiger partial charge in [-0.3, -0.25) is 19.8 Å². The maximum atomic E-state index is 11.2. The van der Waals surface area contributed by atoms with Crippen LogP contribution in [0.15, 0.2) is 34.7 Å². The smallest absolute Gasteiger partial charge is 0.307 e. The summed E-state index contributed by atoms with van der Waals surface area (Å²) in [5.41, 5.74) is 0.506. The Morgan fingerprint density at radius 1 is 1.38 bits per heavy atom. The van der Waals surface area contributed by atoms with Gasteiger partial charge in [0.25, 0.3) is 5.69 Å². The van der Waals surface area contributed by atoms with Crippen molar-refractivity contribution >= 4 is 23.3 Å². The van der Waals surface area contributed by atoms with Gasteiger partial charge in [-0.15, -0.1) is 0 Å². The van der Waals surface area contributed by atoms with Crippen LogP contribution in [-0.4, -0.2) is 33.5 Å². The maximum Gasteiger partial charge on any atom is 0.307 e. The third-order valence-electron chi connectivity index (χ3n) is 4.81.